The van der Waals surface area contributed by atoms with Gasteiger partial charge in [0.05, 0.1) is 7.11 Å². The fourth-order valence-corrected chi connectivity index (χ4v) is 3.44. The number of anilines is 1. The molecule has 0 saturated carbocycles. The maximum Gasteiger partial charge on any atom is 0.246 e. The lowest BCUT2D eigenvalue weighted by atomic mass is 9.96. The van der Waals surface area contributed by atoms with Crippen LogP contribution in [0.25, 0.3) is 0 Å². The Balaban J connectivity index is 1.73. The van der Waals surface area contributed by atoms with E-state index in [1.165, 1.54) is 12.1 Å². The lowest BCUT2D eigenvalue weighted by Gasteiger charge is -2.30. The maximum atomic E-state index is 13.5. The molecule has 1 atom stereocenters. The normalized spacial score (nSPS) is 20.0. The van der Waals surface area contributed by atoms with E-state index in [1.807, 2.05) is 24.3 Å². The maximum absolute atomic E-state index is 13.5. The van der Waals surface area contributed by atoms with E-state index in [1.54, 1.807) is 26.3 Å². The number of halogens is 1. The second-order valence-corrected chi connectivity index (χ2v) is 6.61. The van der Waals surface area contributed by atoms with Crippen LogP contribution in [0.15, 0.2) is 48.5 Å². The van der Waals surface area contributed by atoms with Crippen molar-refractivity contribution in [1.82, 2.24) is 10.2 Å². The molecule has 26 heavy (non-hydrogen) atoms. The first-order valence-electron chi connectivity index (χ1n) is 8.66. The number of likely N-dealkylation sites (N-methyl/N-ethyl adjacent to an activating group) is 1. The molecular weight excluding hydrogens is 333 g/mol. The molecule has 6 heteroatoms. The van der Waals surface area contributed by atoms with Crippen molar-refractivity contribution in [2.75, 3.05) is 32.6 Å². The number of ether oxygens (including phenoxy) is 1. The molecule has 1 amide bonds. The summed E-state index contributed by atoms with van der Waals surface area (Å²) in [5.74, 6) is 0.414. The van der Waals surface area contributed by atoms with Crippen LogP contribution in [0.1, 0.15) is 12.0 Å². The average molecular weight is 357 g/mol. The van der Waals surface area contributed by atoms with Crippen molar-refractivity contribution in [2.24, 2.45) is 0 Å². The predicted molar refractivity (Wildman–Crippen MR) is 99.7 cm³/mol. The van der Waals surface area contributed by atoms with E-state index in [-0.39, 0.29) is 11.7 Å². The summed E-state index contributed by atoms with van der Waals surface area (Å²) in [5, 5.41) is 6.01. The van der Waals surface area contributed by atoms with Gasteiger partial charge in [0.25, 0.3) is 0 Å². The molecule has 3 rings (SSSR count). The van der Waals surface area contributed by atoms with Crippen LogP contribution in [0.2, 0.25) is 0 Å². The number of hydrogen-bond acceptors (Lipinski definition) is 4. The molecular formula is C20H24FN3O2. The van der Waals surface area contributed by atoms with E-state index in [0.717, 1.165) is 24.4 Å². The molecule has 5 nitrogen and oxygen atoms in total. The molecule has 2 N–H and O–H groups in total. The van der Waals surface area contributed by atoms with Crippen LogP contribution >= 0.6 is 0 Å². The summed E-state index contributed by atoms with van der Waals surface area (Å²) in [4.78, 5) is 14.8. The molecule has 138 valence electrons. The number of rotatable bonds is 6. The van der Waals surface area contributed by atoms with Gasteiger partial charge in [-0.3, -0.25) is 9.69 Å². The number of benzene rings is 2. The molecule has 1 aliphatic rings. The Morgan fingerprint density at radius 2 is 2.04 bits per heavy atom. The Hall–Kier alpha value is -2.60. The quantitative estimate of drug-likeness (QED) is 0.835. The Morgan fingerprint density at radius 3 is 2.69 bits per heavy atom. The lowest BCUT2D eigenvalue weighted by Crippen LogP contribution is -2.53. The summed E-state index contributed by atoms with van der Waals surface area (Å²) in [6.07, 6.45) is 0.652. The molecule has 1 fully saturated rings. The zero-order valence-electron chi connectivity index (χ0n) is 15.1. The third kappa shape index (κ3) is 3.96. The van der Waals surface area contributed by atoms with Crippen molar-refractivity contribution < 1.29 is 13.9 Å². The van der Waals surface area contributed by atoms with Crippen LogP contribution in [0.5, 0.6) is 5.75 Å². The van der Waals surface area contributed by atoms with Gasteiger partial charge >= 0.3 is 0 Å². The summed E-state index contributed by atoms with van der Waals surface area (Å²) in [6, 6.07) is 14.1. The van der Waals surface area contributed by atoms with Crippen LogP contribution in [0.4, 0.5) is 10.1 Å². The highest BCUT2D eigenvalue weighted by atomic mass is 19.1. The smallest absolute Gasteiger partial charge is 0.246 e. The first kappa shape index (κ1) is 18.2. The second kappa shape index (κ2) is 7.74. The number of amides is 1. The number of carbonyl (C=O) groups excluding carboxylic acids is 1. The molecule has 0 bridgehead atoms. The third-order valence-electron chi connectivity index (χ3n) is 4.78. The van der Waals surface area contributed by atoms with Gasteiger partial charge in [0.2, 0.25) is 5.91 Å². The van der Waals surface area contributed by atoms with E-state index in [9.17, 15) is 9.18 Å². The van der Waals surface area contributed by atoms with Gasteiger partial charge in [-0.1, -0.05) is 18.2 Å². The summed E-state index contributed by atoms with van der Waals surface area (Å²) >= 11 is 0. The van der Waals surface area contributed by atoms with Gasteiger partial charge in [-0.15, -0.1) is 0 Å². The Kier molecular flexibility index (Phi) is 5.42. The van der Waals surface area contributed by atoms with E-state index in [0.29, 0.717) is 18.7 Å². The zero-order valence-corrected chi connectivity index (χ0v) is 15.1. The van der Waals surface area contributed by atoms with Crippen molar-refractivity contribution in [2.45, 2.75) is 18.5 Å². The topological polar surface area (TPSA) is 53.6 Å². The number of nitrogens with one attached hydrogen (secondary N) is 2. The van der Waals surface area contributed by atoms with Crippen molar-refractivity contribution in [1.29, 1.82) is 0 Å². The first-order valence-corrected chi connectivity index (χ1v) is 8.66. The van der Waals surface area contributed by atoms with Crippen molar-refractivity contribution in [3.8, 4) is 5.75 Å². The van der Waals surface area contributed by atoms with E-state index in [2.05, 4.69) is 15.5 Å². The number of methoxy groups -OCH3 is 1. The summed E-state index contributed by atoms with van der Waals surface area (Å²) in [7, 11) is 3.27. The van der Waals surface area contributed by atoms with Gasteiger partial charge in [0, 0.05) is 32.4 Å². The number of likely N-dealkylation sites (tertiary alicyclic amines) is 1. The van der Waals surface area contributed by atoms with Crippen molar-refractivity contribution in [3.05, 3.63) is 59.9 Å². The number of nitrogens with zero attached hydrogens (tertiary/aromatic N) is 1. The molecule has 1 saturated heterocycles. The first-order chi connectivity index (χ1) is 12.5. The van der Waals surface area contributed by atoms with Crippen LogP contribution in [-0.4, -0.2) is 43.6 Å². The molecule has 0 radical (unpaired) electrons. The number of carbonyl (C=O) groups is 1. The fraction of sp³-hybridized carbons (Fsp3) is 0.350. The fourth-order valence-electron chi connectivity index (χ4n) is 3.44. The minimum atomic E-state index is -0.769. The van der Waals surface area contributed by atoms with Gasteiger partial charge in [-0.2, -0.15) is 0 Å². The molecule has 2 aromatic rings. The summed E-state index contributed by atoms with van der Waals surface area (Å²) in [5.41, 5.74) is 0.999. The summed E-state index contributed by atoms with van der Waals surface area (Å²) < 4.78 is 18.7. The Morgan fingerprint density at radius 1 is 1.27 bits per heavy atom. The molecule has 0 aliphatic carbocycles. The van der Waals surface area contributed by atoms with Crippen molar-refractivity contribution >= 4 is 11.6 Å². The van der Waals surface area contributed by atoms with Crippen LogP contribution in [0, 0.1) is 5.82 Å². The molecule has 1 aliphatic heterocycles. The monoisotopic (exact) mass is 357 g/mol. The Labute approximate surface area is 153 Å². The zero-order chi connectivity index (χ0) is 18.6. The highest BCUT2D eigenvalue weighted by Crippen LogP contribution is 2.28. The standard InChI is InChI=1S/C20H24FN3O2/c1-22-19(25)20(23-17-5-3-4-16(21)12-17)10-11-24(14-20)13-15-6-8-18(26-2)9-7-15/h3-9,12,23H,10-11,13-14H2,1-2H3,(H,22,25). The molecule has 2 aromatic carbocycles. The van der Waals surface area contributed by atoms with Gasteiger partial charge in [-0.05, 0) is 42.3 Å². The van der Waals surface area contributed by atoms with Gasteiger partial charge in [0.15, 0.2) is 0 Å². The van der Waals surface area contributed by atoms with Gasteiger partial charge in [-0.25, -0.2) is 4.39 Å². The number of hydrogen-bond donors (Lipinski definition) is 2. The van der Waals surface area contributed by atoms with Gasteiger partial charge in [0.1, 0.15) is 17.1 Å². The molecule has 0 spiro atoms. The second-order valence-electron chi connectivity index (χ2n) is 6.61. The lowest BCUT2D eigenvalue weighted by molar-refractivity contribution is -0.124. The average Bonchev–Trinajstić information content (AvgIpc) is 3.05. The third-order valence-corrected chi connectivity index (χ3v) is 4.78. The van der Waals surface area contributed by atoms with Gasteiger partial charge < -0.3 is 15.4 Å². The van der Waals surface area contributed by atoms with E-state index >= 15 is 0 Å². The van der Waals surface area contributed by atoms with Crippen LogP contribution < -0.4 is 15.4 Å². The SMILES string of the molecule is CNC(=O)C1(Nc2cccc(F)c2)CCN(Cc2ccc(OC)cc2)C1. The summed E-state index contributed by atoms with van der Waals surface area (Å²) in [6.45, 7) is 2.07. The Bertz CT molecular complexity index is 766. The highest BCUT2D eigenvalue weighted by Gasteiger charge is 2.44. The van der Waals surface area contributed by atoms with E-state index in [4.69, 9.17) is 4.74 Å². The molecule has 1 unspecified atom stereocenters. The van der Waals surface area contributed by atoms with Crippen LogP contribution in [0.3, 0.4) is 0 Å². The molecule has 1 heterocycles. The predicted octanol–water partition coefficient (Wildman–Crippen LogP) is 2.64. The van der Waals surface area contributed by atoms with Crippen LogP contribution in [-0.2, 0) is 11.3 Å². The molecule has 0 aromatic heterocycles. The van der Waals surface area contributed by atoms with Crippen molar-refractivity contribution in [3.63, 3.8) is 0 Å². The minimum Gasteiger partial charge on any atom is -0.497 e. The van der Waals surface area contributed by atoms with E-state index < -0.39 is 5.54 Å². The minimum absolute atomic E-state index is 0.0843. The highest BCUT2D eigenvalue weighted by molar-refractivity contribution is 5.90. The largest absolute Gasteiger partial charge is 0.497 e.